The van der Waals surface area contributed by atoms with E-state index in [0.29, 0.717) is 5.65 Å². The van der Waals surface area contributed by atoms with Crippen molar-refractivity contribution in [1.82, 2.24) is 15.0 Å². The molecule has 13 heavy (non-hydrogen) atoms. The number of aromatic nitrogens is 3. The fraction of sp³-hybridized carbons (Fsp3) is 0. The molecule has 2 aromatic rings. The molecule has 2 rings (SSSR count). The highest BCUT2D eigenvalue weighted by atomic mass is 35.5. The summed E-state index contributed by atoms with van der Waals surface area (Å²) < 4.78 is 0. The van der Waals surface area contributed by atoms with E-state index >= 15 is 0 Å². The molecule has 0 unspecified atom stereocenters. The molecule has 1 N–H and O–H groups in total. The fourth-order valence-electron chi connectivity index (χ4n) is 0.891. The number of hydrogen-bond acceptors (Lipinski definition) is 3. The Morgan fingerprint density at radius 3 is 2.77 bits per heavy atom. The van der Waals surface area contributed by atoms with Crippen LogP contribution in [0.25, 0.3) is 11.0 Å². The van der Waals surface area contributed by atoms with Crippen molar-refractivity contribution in [3.05, 3.63) is 35.0 Å². The molecule has 0 spiro atoms. The van der Waals surface area contributed by atoms with Gasteiger partial charge in [-0.1, -0.05) is 0 Å². The summed E-state index contributed by atoms with van der Waals surface area (Å²) in [5.74, 6) is 0. The van der Waals surface area contributed by atoms with E-state index in [0.717, 1.165) is 5.39 Å². The lowest BCUT2D eigenvalue weighted by atomic mass is 10.3. The Morgan fingerprint density at radius 2 is 2.00 bits per heavy atom. The maximum absolute atomic E-state index is 10.8. The maximum Gasteiger partial charge on any atom is 0.249 e. The van der Waals surface area contributed by atoms with Gasteiger partial charge in [-0.05, 0) is 6.07 Å². The van der Waals surface area contributed by atoms with Gasteiger partial charge in [0, 0.05) is 17.6 Å². The monoisotopic (exact) mass is 219 g/mol. The van der Waals surface area contributed by atoms with Crippen molar-refractivity contribution < 1.29 is 0 Å². The summed E-state index contributed by atoms with van der Waals surface area (Å²) in [6.07, 6.45) is 3.05. The molecule has 0 aliphatic rings. The van der Waals surface area contributed by atoms with E-state index in [4.69, 9.17) is 0 Å². The SMILES string of the molecule is Cl.Cl.O=c1ccc2cncnc2[nH]1. The van der Waals surface area contributed by atoms with Crippen LogP contribution >= 0.6 is 24.8 Å². The third kappa shape index (κ3) is 2.40. The van der Waals surface area contributed by atoms with Gasteiger partial charge in [0.25, 0.3) is 0 Å². The second kappa shape index (κ2) is 4.79. The Hall–Kier alpha value is -1.13. The molecule has 4 nitrogen and oxygen atoms in total. The van der Waals surface area contributed by atoms with E-state index in [9.17, 15) is 4.79 Å². The van der Waals surface area contributed by atoms with E-state index in [1.807, 2.05) is 0 Å². The molecule has 6 heteroatoms. The molecule has 0 fully saturated rings. The molecular formula is C7H7Cl2N3O. The standard InChI is InChI=1S/C7H5N3O.2ClH/c11-6-2-1-5-3-8-4-9-7(5)10-6;;/h1-4H,(H,8,9,10,11);2*1H. The largest absolute Gasteiger partial charge is 0.306 e. The molecule has 0 saturated carbocycles. The summed E-state index contributed by atoms with van der Waals surface area (Å²) >= 11 is 0. The molecule has 0 amide bonds. The Balaban J connectivity index is 0.000000720. The van der Waals surface area contributed by atoms with Gasteiger partial charge in [-0.15, -0.1) is 24.8 Å². The third-order valence-corrected chi connectivity index (χ3v) is 1.40. The van der Waals surface area contributed by atoms with Crippen molar-refractivity contribution in [1.29, 1.82) is 0 Å². The summed E-state index contributed by atoms with van der Waals surface area (Å²) in [6.45, 7) is 0. The fourth-order valence-corrected chi connectivity index (χ4v) is 0.891. The van der Waals surface area contributed by atoms with Gasteiger partial charge < -0.3 is 4.98 Å². The zero-order chi connectivity index (χ0) is 7.68. The van der Waals surface area contributed by atoms with E-state index in [2.05, 4.69) is 15.0 Å². The van der Waals surface area contributed by atoms with Crippen LogP contribution in [-0.2, 0) is 0 Å². The van der Waals surface area contributed by atoms with E-state index in [1.54, 1.807) is 12.3 Å². The van der Waals surface area contributed by atoms with Crippen LogP contribution < -0.4 is 5.56 Å². The summed E-state index contributed by atoms with van der Waals surface area (Å²) in [7, 11) is 0. The van der Waals surface area contributed by atoms with Crippen LogP contribution in [0.4, 0.5) is 0 Å². The molecule has 0 aliphatic carbocycles. The number of halogens is 2. The number of nitrogens with zero attached hydrogens (tertiary/aromatic N) is 2. The second-order valence-corrected chi connectivity index (χ2v) is 2.15. The number of H-pyrrole nitrogens is 1. The molecule has 0 saturated heterocycles. The van der Waals surface area contributed by atoms with Crippen LogP contribution in [0.15, 0.2) is 29.5 Å². The molecule has 70 valence electrons. The lowest BCUT2D eigenvalue weighted by molar-refractivity contribution is 1.16. The molecule has 0 atom stereocenters. The highest BCUT2D eigenvalue weighted by Gasteiger charge is 1.91. The lowest BCUT2D eigenvalue weighted by Crippen LogP contribution is -2.03. The van der Waals surface area contributed by atoms with E-state index < -0.39 is 0 Å². The number of nitrogens with one attached hydrogen (secondary N) is 1. The summed E-state index contributed by atoms with van der Waals surface area (Å²) in [5.41, 5.74) is 0.434. The topological polar surface area (TPSA) is 58.6 Å². The molecule has 2 aromatic heterocycles. The van der Waals surface area contributed by atoms with Crippen molar-refractivity contribution in [2.24, 2.45) is 0 Å². The number of hydrogen-bond donors (Lipinski definition) is 1. The van der Waals surface area contributed by atoms with E-state index in [1.165, 1.54) is 12.4 Å². The van der Waals surface area contributed by atoms with Crippen molar-refractivity contribution in [2.45, 2.75) is 0 Å². The molecule has 0 aliphatic heterocycles. The molecule has 2 heterocycles. The minimum Gasteiger partial charge on any atom is -0.306 e. The molecule has 0 aromatic carbocycles. The first kappa shape index (κ1) is 11.9. The number of pyridine rings is 1. The van der Waals surface area contributed by atoms with Gasteiger partial charge in [0.1, 0.15) is 12.0 Å². The van der Waals surface area contributed by atoms with Crippen molar-refractivity contribution in [2.75, 3.05) is 0 Å². The predicted octanol–water partition coefficient (Wildman–Crippen LogP) is 1.16. The minimum atomic E-state index is -0.142. The molecule has 0 bridgehead atoms. The third-order valence-electron chi connectivity index (χ3n) is 1.40. The summed E-state index contributed by atoms with van der Waals surface area (Å²) in [5, 5.41) is 0.840. The predicted molar refractivity (Wildman–Crippen MR) is 54.7 cm³/mol. The van der Waals surface area contributed by atoms with Crippen LogP contribution in [0.5, 0.6) is 0 Å². The van der Waals surface area contributed by atoms with Crippen LogP contribution in [-0.4, -0.2) is 15.0 Å². The maximum atomic E-state index is 10.8. The average Bonchev–Trinajstić information content (AvgIpc) is 2.04. The Bertz CT molecular complexity index is 443. The first-order valence-electron chi connectivity index (χ1n) is 3.15. The first-order valence-corrected chi connectivity index (χ1v) is 3.15. The van der Waals surface area contributed by atoms with Crippen molar-refractivity contribution in [3.63, 3.8) is 0 Å². The quantitative estimate of drug-likeness (QED) is 0.724. The van der Waals surface area contributed by atoms with Crippen molar-refractivity contribution >= 4 is 35.8 Å². The number of fused-ring (bicyclic) bond motifs is 1. The highest BCUT2D eigenvalue weighted by Crippen LogP contribution is 2.00. The summed E-state index contributed by atoms with van der Waals surface area (Å²) in [4.78, 5) is 21.0. The Kier molecular flexibility index (Phi) is 4.37. The van der Waals surface area contributed by atoms with Gasteiger partial charge in [-0.25, -0.2) is 9.97 Å². The van der Waals surface area contributed by atoms with Crippen LogP contribution in [0.2, 0.25) is 0 Å². The zero-order valence-electron chi connectivity index (χ0n) is 6.43. The van der Waals surface area contributed by atoms with Gasteiger partial charge in [0.2, 0.25) is 5.56 Å². The number of rotatable bonds is 0. The van der Waals surface area contributed by atoms with Gasteiger partial charge in [-0.3, -0.25) is 4.79 Å². The van der Waals surface area contributed by atoms with Crippen LogP contribution in [0.3, 0.4) is 0 Å². The van der Waals surface area contributed by atoms with Gasteiger partial charge in [0.05, 0.1) is 0 Å². The Labute approximate surface area is 86.2 Å². The van der Waals surface area contributed by atoms with Gasteiger partial charge in [0.15, 0.2) is 0 Å². The number of aromatic amines is 1. The summed E-state index contributed by atoms with van der Waals surface area (Å²) in [6, 6.07) is 3.14. The van der Waals surface area contributed by atoms with Crippen LogP contribution in [0, 0.1) is 0 Å². The molecular weight excluding hydrogens is 213 g/mol. The normalized spacial score (nSPS) is 8.62. The van der Waals surface area contributed by atoms with Gasteiger partial charge >= 0.3 is 0 Å². The molecule has 0 radical (unpaired) electrons. The Morgan fingerprint density at radius 1 is 1.23 bits per heavy atom. The minimum absolute atomic E-state index is 0. The van der Waals surface area contributed by atoms with Gasteiger partial charge in [-0.2, -0.15) is 0 Å². The van der Waals surface area contributed by atoms with Crippen molar-refractivity contribution in [3.8, 4) is 0 Å². The van der Waals surface area contributed by atoms with E-state index in [-0.39, 0.29) is 30.4 Å². The lowest BCUT2D eigenvalue weighted by Gasteiger charge is -1.91. The first-order chi connectivity index (χ1) is 5.36. The van der Waals surface area contributed by atoms with Crippen LogP contribution in [0.1, 0.15) is 0 Å². The highest BCUT2D eigenvalue weighted by molar-refractivity contribution is 5.85. The zero-order valence-corrected chi connectivity index (χ0v) is 8.06. The second-order valence-electron chi connectivity index (χ2n) is 2.15. The average molecular weight is 220 g/mol. The smallest absolute Gasteiger partial charge is 0.249 e.